The fourth-order valence-corrected chi connectivity index (χ4v) is 2.15. The van der Waals surface area contributed by atoms with Gasteiger partial charge in [-0.05, 0) is 30.2 Å². The summed E-state index contributed by atoms with van der Waals surface area (Å²) in [5.41, 5.74) is 2.18. The molecule has 5 heteroatoms. The standard InChI is InChI=1S/C18H18O5/c1-12(19)16-8-7-15(10-17(16)22-2)23-11-14-5-3-13(4-6-14)9-18(20)21/h3-8,10H,9,11H2,1-2H3,(H,20,21). The number of Topliss-reactive ketones (excluding diaryl/α,β-unsaturated/α-hetero) is 1. The smallest absolute Gasteiger partial charge is 0.307 e. The van der Waals surface area contributed by atoms with Crippen molar-refractivity contribution in [2.75, 3.05) is 7.11 Å². The molecule has 0 aromatic heterocycles. The summed E-state index contributed by atoms with van der Waals surface area (Å²) >= 11 is 0. The Hall–Kier alpha value is -2.82. The van der Waals surface area contributed by atoms with E-state index in [1.807, 2.05) is 12.1 Å². The summed E-state index contributed by atoms with van der Waals surface area (Å²) in [6.45, 7) is 1.83. The molecule has 0 aliphatic carbocycles. The maximum absolute atomic E-state index is 11.5. The number of methoxy groups -OCH3 is 1. The molecule has 5 nitrogen and oxygen atoms in total. The molecule has 2 rings (SSSR count). The van der Waals surface area contributed by atoms with E-state index in [0.717, 1.165) is 11.1 Å². The van der Waals surface area contributed by atoms with Crippen LogP contribution in [0.1, 0.15) is 28.4 Å². The van der Waals surface area contributed by atoms with Crippen molar-refractivity contribution in [1.82, 2.24) is 0 Å². The minimum absolute atomic E-state index is 0.00481. The number of carbonyl (C=O) groups is 2. The molecular formula is C18H18O5. The SMILES string of the molecule is COc1cc(OCc2ccc(CC(=O)O)cc2)ccc1C(C)=O. The number of benzene rings is 2. The van der Waals surface area contributed by atoms with Gasteiger partial charge in [0.2, 0.25) is 0 Å². The lowest BCUT2D eigenvalue weighted by atomic mass is 10.1. The summed E-state index contributed by atoms with van der Waals surface area (Å²) in [6.07, 6.45) is 0.00481. The first-order valence-corrected chi connectivity index (χ1v) is 7.11. The zero-order valence-corrected chi connectivity index (χ0v) is 13.0. The van der Waals surface area contributed by atoms with Crippen molar-refractivity contribution < 1.29 is 24.2 Å². The molecule has 0 saturated heterocycles. The Kier molecular flexibility index (Phi) is 5.36. The molecule has 0 radical (unpaired) electrons. The Bertz CT molecular complexity index is 704. The highest BCUT2D eigenvalue weighted by Crippen LogP contribution is 2.25. The lowest BCUT2D eigenvalue weighted by Gasteiger charge is -2.10. The molecule has 2 aromatic rings. The van der Waals surface area contributed by atoms with Gasteiger partial charge in [0.1, 0.15) is 18.1 Å². The van der Waals surface area contributed by atoms with Crippen molar-refractivity contribution in [2.24, 2.45) is 0 Å². The average Bonchev–Trinajstić information content (AvgIpc) is 2.53. The van der Waals surface area contributed by atoms with Crippen LogP contribution in [0, 0.1) is 0 Å². The van der Waals surface area contributed by atoms with Crippen LogP contribution in [-0.2, 0) is 17.8 Å². The first kappa shape index (κ1) is 16.5. The summed E-state index contributed by atoms with van der Waals surface area (Å²) in [5, 5.41) is 8.74. The van der Waals surface area contributed by atoms with Gasteiger partial charge in [0.25, 0.3) is 0 Å². The molecule has 23 heavy (non-hydrogen) atoms. The number of ketones is 1. The second kappa shape index (κ2) is 7.45. The first-order valence-electron chi connectivity index (χ1n) is 7.11. The maximum Gasteiger partial charge on any atom is 0.307 e. The molecule has 120 valence electrons. The number of rotatable bonds is 7. The lowest BCUT2D eigenvalue weighted by Crippen LogP contribution is -2.01. The second-order valence-corrected chi connectivity index (χ2v) is 5.09. The molecule has 0 aliphatic rings. The number of hydrogen-bond donors (Lipinski definition) is 1. The molecule has 0 unspecified atom stereocenters. The summed E-state index contributed by atoms with van der Waals surface area (Å²) in [6, 6.07) is 12.3. The van der Waals surface area contributed by atoms with Gasteiger partial charge in [-0.3, -0.25) is 9.59 Å². The van der Waals surface area contributed by atoms with Gasteiger partial charge >= 0.3 is 5.97 Å². The van der Waals surface area contributed by atoms with Crippen LogP contribution in [0.25, 0.3) is 0 Å². The highest BCUT2D eigenvalue weighted by atomic mass is 16.5. The quantitative estimate of drug-likeness (QED) is 0.795. The van der Waals surface area contributed by atoms with Crippen LogP contribution in [0.15, 0.2) is 42.5 Å². The molecular weight excluding hydrogens is 296 g/mol. The van der Waals surface area contributed by atoms with E-state index in [9.17, 15) is 9.59 Å². The molecule has 0 spiro atoms. The van der Waals surface area contributed by atoms with Crippen LogP contribution in [0.2, 0.25) is 0 Å². The highest BCUT2D eigenvalue weighted by Gasteiger charge is 2.09. The van der Waals surface area contributed by atoms with Crippen LogP contribution >= 0.6 is 0 Å². The predicted molar refractivity (Wildman–Crippen MR) is 85.1 cm³/mol. The van der Waals surface area contributed by atoms with Crippen LogP contribution in [0.4, 0.5) is 0 Å². The number of carboxylic acids is 1. The molecule has 0 fully saturated rings. The van der Waals surface area contributed by atoms with Crippen LogP contribution in [-0.4, -0.2) is 24.0 Å². The minimum Gasteiger partial charge on any atom is -0.496 e. The van der Waals surface area contributed by atoms with Gasteiger partial charge < -0.3 is 14.6 Å². The van der Waals surface area contributed by atoms with E-state index < -0.39 is 5.97 Å². The van der Waals surface area contributed by atoms with Crippen LogP contribution < -0.4 is 9.47 Å². The summed E-state index contributed by atoms with van der Waals surface area (Å²) in [5.74, 6) is 0.155. The fourth-order valence-electron chi connectivity index (χ4n) is 2.15. The molecule has 0 atom stereocenters. The van der Waals surface area contributed by atoms with Gasteiger partial charge in [-0.2, -0.15) is 0 Å². The Balaban J connectivity index is 2.03. The van der Waals surface area contributed by atoms with Crippen LogP contribution in [0.5, 0.6) is 11.5 Å². The third kappa shape index (κ3) is 4.57. The molecule has 0 amide bonds. The molecule has 0 heterocycles. The monoisotopic (exact) mass is 314 g/mol. The lowest BCUT2D eigenvalue weighted by molar-refractivity contribution is -0.136. The van der Waals surface area contributed by atoms with E-state index in [-0.39, 0.29) is 12.2 Å². The van der Waals surface area contributed by atoms with Crippen molar-refractivity contribution >= 4 is 11.8 Å². The van der Waals surface area contributed by atoms with Crippen LogP contribution in [0.3, 0.4) is 0 Å². The number of aliphatic carboxylic acids is 1. The maximum atomic E-state index is 11.5. The summed E-state index contributed by atoms with van der Waals surface area (Å²) in [7, 11) is 1.51. The molecule has 1 N–H and O–H groups in total. The van der Waals surface area contributed by atoms with E-state index in [1.165, 1.54) is 14.0 Å². The Morgan fingerprint density at radius 2 is 1.70 bits per heavy atom. The Morgan fingerprint density at radius 1 is 1.04 bits per heavy atom. The number of carbonyl (C=O) groups excluding carboxylic acids is 1. The first-order chi connectivity index (χ1) is 11.0. The van der Waals surface area contributed by atoms with Gasteiger partial charge in [-0.15, -0.1) is 0 Å². The van der Waals surface area contributed by atoms with Crippen molar-refractivity contribution in [3.63, 3.8) is 0 Å². The van der Waals surface area contributed by atoms with Crippen molar-refractivity contribution in [1.29, 1.82) is 0 Å². The van der Waals surface area contributed by atoms with E-state index in [1.54, 1.807) is 30.3 Å². The van der Waals surface area contributed by atoms with Crippen molar-refractivity contribution in [2.45, 2.75) is 20.0 Å². The van der Waals surface area contributed by atoms with Gasteiger partial charge in [0.05, 0.1) is 19.1 Å². The van der Waals surface area contributed by atoms with E-state index >= 15 is 0 Å². The highest BCUT2D eigenvalue weighted by molar-refractivity contribution is 5.97. The molecule has 0 saturated carbocycles. The van der Waals surface area contributed by atoms with Gasteiger partial charge in [-0.1, -0.05) is 24.3 Å². The van der Waals surface area contributed by atoms with Crippen molar-refractivity contribution in [3.05, 3.63) is 59.2 Å². The van der Waals surface area contributed by atoms with E-state index in [2.05, 4.69) is 0 Å². The third-order valence-corrected chi connectivity index (χ3v) is 3.34. The van der Waals surface area contributed by atoms with Gasteiger partial charge in [-0.25, -0.2) is 0 Å². The van der Waals surface area contributed by atoms with Gasteiger partial charge in [0, 0.05) is 6.07 Å². The van der Waals surface area contributed by atoms with E-state index in [0.29, 0.717) is 23.7 Å². The topological polar surface area (TPSA) is 72.8 Å². The zero-order valence-electron chi connectivity index (χ0n) is 13.0. The largest absolute Gasteiger partial charge is 0.496 e. The predicted octanol–water partition coefficient (Wildman–Crippen LogP) is 3.10. The van der Waals surface area contributed by atoms with Crippen molar-refractivity contribution in [3.8, 4) is 11.5 Å². The molecule has 2 aromatic carbocycles. The van der Waals surface area contributed by atoms with E-state index in [4.69, 9.17) is 14.6 Å². The molecule has 0 bridgehead atoms. The average molecular weight is 314 g/mol. The van der Waals surface area contributed by atoms with Gasteiger partial charge in [0.15, 0.2) is 5.78 Å². The number of ether oxygens (including phenoxy) is 2. The Morgan fingerprint density at radius 3 is 2.26 bits per heavy atom. The Labute approximate surface area is 134 Å². The zero-order chi connectivity index (χ0) is 16.8. The third-order valence-electron chi connectivity index (χ3n) is 3.34. The summed E-state index contributed by atoms with van der Waals surface area (Å²) < 4.78 is 10.9. The minimum atomic E-state index is -0.855. The fraction of sp³-hybridized carbons (Fsp3) is 0.222. The number of hydrogen-bond acceptors (Lipinski definition) is 4. The number of carboxylic acid groups (broad SMARTS) is 1. The second-order valence-electron chi connectivity index (χ2n) is 5.09. The molecule has 0 aliphatic heterocycles. The normalized spacial score (nSPS) is 10.2. The summed E-state index contributed by atoms with van der Waals surface area (Å²) in [4.78, 5) is 22.1.